The molecule has 1 amide bonds. The van der Waals surface area contributed by atoms with Crippen LogP contribution in [0.1, 0.15) is 23.2 Å². The molecule has 0 radical (unpaired) electrons. The number of benzene rings is 1. The lowest BCUT2D eigenvalue weighted by Crippen LogP contribution is -2.34. The van der Waals surface area contributed by atoms with E-state index >= 15 is 0 Å². The topological polar surface area (TPSA) is 49.8 Å². The van der Waals surface area contributed by atoms with E-state index in [0.29, 0.717) is 11.6 Å². The zero-order valence-corrected chi connectivity index (χ0v) is 11.0. The summed E-state index contributed by atoms with van der Waals surface area (Å²) in [5, 5.41) is 10.1. The molecule has 1 aromatic rings. The van der Waals surface area contributed by atoms with Gasteiger partial charge in [-0.1, -0.05) is 11.6 Å². The molecule has 0 saturated carbocycles. The maximum Gasteiger partial charge on any atom is 0.257 e. The van der Waals surface area contributed by atoms with Crippen LogP contribution < -0.4 is 0 Å². The van der Waals surface area contributed by atoms with E-state index in [4.69, 9.17) is 16.3 Å². The molecule has 0 spiro atoms. The molecule has 1 N–H and O–H groups in total. The van der Waals surface area contributed by atoms with Crippen molar-refractivity contribution in [3.05, 3.63) is 28.8 Å². The molecular weight excluding hydrogens is 254 g/mol. The van der Waals surface area contributed by atoms with Gasteiger partial charge in [-0.15, -0.1) is 0 Å². The van der Waals surface area contributed by atoms with Crippen LogP contribution in [0.4, 0.5) is 0 Å². The van der Waals surface area contributed by atoms with E-state index in [1.165, 1.54) is 12.1 Å². The number of rotatable bonds is 3. The Morgan fingerprint density at radius 3 is 3.06 bits per heavy atom. The Balaban J connectivity index is 2.07. The second-order valence-electron chi connectivity index (χ2n) is 4.48. The van der Waals surface area contributed by atoms with Crippen molar-refractivity contribution in [1.29, 1.82) is 0 Å². The van der Waals surface area contributed by atoms with E-state index in [1.54, 1.807) is 18.0 Å². The van der Waals surface area contributed by atoms with E-state index in [0.717, 1.165) is 19.4 Å². The third kappa shape index (κ3) is 2.94. The Morgan fingerprint density at radius 2 is 2.39 bits per heavy atom. The molecule has 1 unspecified atom stereocenters. The molecule has 2 rings (SSSR count). The predicted molar refractivity (Wildman–Crippen MR) is 69.1 cm³/mol. The SMILES string of the molecule is CN(CC1CCCO1)C(=O)c1cc(Cl)ccc1O. The van der Waals surface area contributed by atoms with Gasteiger partial charge in [0.05, 0.1) is 11.7 Å². The number of phenolic OH excluding ortho intramolecular Hbond substituents is 1. The van der Waals surface area contributed by atoms with Gasteiger partial charge in [0.2, 0.25) is 0 Å². The van der Waals surface area contributed by atoms with Gasteiger partial charge in [0, 0.05) is 25.2 Å². The zero-order chi connectivity index (χ0) is 13.1. The molecule has 1 aliphatic heterocycles. The molecule has 1 aliphatic rings. The van der Waals surface area contributed by atoms with Crippen LogP contribution in [0, 0.1) is 0 Å². The fourth-order valence-electron chi connectivity index (χ4n) is 2.06. The number of phenols is 1. The molecule has 5 heteroatoms. The van der Waals surface area contributed by atoms with E-state index in [9.17, 15) is 9.90 Å². The molecule has 0 aliphatic carbocycles. The summed E-state index contributed by atoms with van der Waals surface area (Å²) >= 11 is 5.83. The van der Waals surface area contributed by atoms with Crippen molar-refractivity contribution >= 4 is 17.5 Å². The highest BCUT2D eigenvalue weighted by Gasteiger charge is 2.22. The fourth-order valence-corrected chi connectivity index (χ4v) is 2.23. The Morgan fingerprint density at radius 1 is 1.61 bits per heavy atom. The highest BCUT2D eigenvalue weighted by Crippen LogP contribution is 2.23. The smallest absolute Gasteiger partial charge is 0.257 e. The number of halogens is 1. The predicted octanol–water partition coefficient (Wildman–Crippen LogP) is 2.30. The molecule has 1 fully saturated rings. The average molecular weight is 270 g/mol. The van der Waals surface area contributed by atoms with Gasteiger partial charge in [0.25, 0.3) is 5.91 Å². The molecular formula is C13H16ClNO3. The fraction of sp³-hybridized carbons (Fsp3) is 0.462. The minimum atomic E-state index is -0.245. The number of hydrogen-bond acceptors (Lipinski definition) is 3. The number of carbonyl (C=O) groups is 1. The van der Waals surface area contributed by atoms with Gasteiger partial charge < -0.3 is 14.7 Å². The van der Waals surface area contributed by atoms with Crippen LogP contribution in [0.5, 0.6) is 5.75 Å². The van der Waals surface area contributed by atoms with Crippen molar-refractivity contribution in [2.45, 2.75) is 18.9 Å². The Bertz CT molecular complexity index is 444. The summed E-state index contributed by atoms with van der Waals surface area (Å²) in [6, 6.07) is 4.45. The third-order valence-electron chi connectivity index (χ3n) is 3.04. The normalized spacial score (nSPS) is 18.9. The van der Waals surface area contributed by atoms with Crippen LogP contribution in [0.3, 0.4) is 0 Å². The van der Waals surface area contributed by atoms with Crippen molar-refractivity contribution < 1.29 is 14.6 Å². The van der Waals surface area contributed by atoms with Crippen molar-refractivity contribution in [1.82, 2.24) is 4.90 Å². The van der Waals surface area contributed by atoms with Gasteiger partial charge >= 0.3 is 0 Å². The summed E-state index contributed by atoms with van der Waals surface area (Å²) in [4.78, 5) is 13.7. The molecule has 18 heavy (non-hydrogen) atoms. The van der Waals surface area contributed by atoms with E-state index < -0.39 is 0 Å². The van der Waals surface area contributed by atoms with Crippen molar-refractivity contribution in [2.75, 3.05) is 20.2 Å². The minimum absolute atomic E-state index is 0.0522. The molecule has 1 atom stereocenters. The highest BCUT2D eigenvalue weighted by atomic mass is 35.5. The van der Waals surface area contributed by atoms with Crippen LogP contribution in [0.15, 0.2) is 18.2 Å². The summed E-state index contributed by atoms with van der Waals surface area (Å²) in [5.74, 6) is -0.297. The lowest BCUT2D eigenvalue weighted by Gasteiger charge is -2.21. The molecule has 1 aromatic carbocycles. The van der Waals surface area contributed by atoms with Gasteiger partial charge in [0.1, 0.15) is 5.75 Å². The first kappa shape index (κ1) is 13.2. The number of hydrogen-bond donors (Lipinski definition) is 1. The van der Waals surface area contributed by atoms with Crippen LogP contribution in [0.25, 0.3) is 0 Å². The Labute approximate surface area is 111 Å². The van der Waals surface area contributed by atoms with Crippen molar-refractivity contribution in [3.63, 3.8) is 0 Å². The van der Waals surface area contributed by atoms with Gasteiger partial charge in [-0.25, -0.2) is 0 Å². The summed E-state index contributed by atoms with van der Waals surface area (Å²) in [5.41, 5.74) is 0.225. The third-order valence-corrected chi connectivity index (χ3v) is 3.27. The first-order valence-corrected chi connectivity index (χ1v) is 6.31. The first-order chi connectivity index (χ1) is 8.58. The van der Waals surface area contributed by atoms with E-state index in [1.807, 2.05) is 0 Å². The molecule has 0 aromatic heterocycles. The quantitative estimate of drug-likeness (QED) is 0.916. The summed E-state index contributed by atoms with van der Waals surface area (Å²) in [6.45, 7) is 1.29. The van der Waals surface area contributed by atoms with Crippen LogP contribution in [-0.2, 0) is 4.74 Å². The second-order valence-corrected chi connectivity index (χ2v) is 4.92. The van der Waals surface area contributed by atoms with E-state index in [2.05, 4.69) is 0 Å². The van der Waals surface area contributed by atoms with Gasteiger partial charge in [-0.05, 0) is 31.0 Å². The van der Waals surface area contributed by atoms with Crippen LogP contribution in [-0.4, -0.2) is 42.2 Å². The molecule has 0 bridgehead atoms. The Kier molecular flexibility index (Phi) is 4.09. The summed E-state index contributed by atoms with van der Waals surface area (Å²) in [6.07, 6.45) is 2.11. The van der Waals surface area contributed by atoms with E-state index in [-0.39, 0.29) is 23.3 Å². The molecule has 1 saturated heterocycles. The van der Waals surface area contributed by atoms with Gasteiger partial charge in [0.15, 0.2) is 0 Å². The molecule has 4 nitrogen and oxygen atoms in total. The number of carbonyl (C=O) groups excluding carboxylic acids is 1. The van der Waals surface area contributed by atoms with Crippen LogP contribution in [0.2, 0.25) is 5.02 Å². The lowest BCUT2D eigenvalue weighted by molar-refractivity contribution is 0.0585. The monoisotopic (exact) mass is 269 g/mol. The maximum absolute atomic E-state index is 12.2. The van der Waals surface area contributed by atoms with Crippen molar-refractivity contribution in [2.24, 2.45) is 0 Å². The molecule has 98 valence electrons. The largest absolute Gasteiger partial charge is 0.507 e. The number of amides is 1. The molecule has 1 heterocycles. The van der Waals surface area contributed by atoms with Crippen molar-refractivity contribution in [3.8, 4) is 5.75 Å². The standard InChI is InChI=1S/C13H16ClNO3/c1-15(8-10-3-2-6-18-10)13(17)11-7-9(14)4-5-12(11)16/h4-5,7,10,16H,2-3,6,8H2,1H3. The van der Waals surface area contributed by atoms with Gasteiger partial charge in [-0.3, -0.25) is 4.79 Å². The zero-order valence-electron chi connectivity index (χ0n) is 10.2. The highest BCUT2D eigenvalue weighted by molar-refractivity contribution is 6.31. The number of aromatic hydroxyl groups is 1. The minimum Gasteiger partial charge on any atom is -0.507 e. The number of likely N-dealkylation sites (N-methyl/N-ethyl adjacent to an activating group) is 1. The van der Waals surface area contributed by atoms with Crippen LogP contribution >= 0.6 is 11.6 Å². The summed E-state index contributed by atoms with van der Waals surface area (Å²) < 4.78 is 5.48. The van der Waals surface area contributed by atoms with Gasteiger partial charge in [-0.2, -0.15) is 0 Å². The summed E-state index contributed by atoms with van der Waals surface area (Å²) in [7, 11) is 1.70. The number of nitrogens with zero attached hydrogens (tertiary/aromatic N) is 1. The lowest BCUT2D eigenvalue weighted by atomic mass is 10.1. The second kappa shape index (κ2) is 5.59. The average Bonchev–Trinajstić information content (AvgIpc) is 2.84. The Hall–Kier alpha value is -1.26. The number of ether oxygens (including phenoxy) is 1. The first-order valence-electron chi connectivity index (χ1n) is 5.93. The maximum atomic E-state index is 12.2.